The molecule has 0 radical (unpaired) electrons. The minimum atomic E-state index is 0.00101. The van der Waals surface area contributed by atoms with Gasteiger partial charge >= 0.3 is 0 Å². The Morgan fingerprint density at radius 3 is 2.61 bits per heavy atom. The molecule has 0 aliphatic heterocycles. The Balaban J connectivity index is 1.84. The average molecular weight is 325 g/mol. The van der Waals surface area contributed by atoms with Gasteiger partial charge in [-0.3, -0.25) is 4.79 Å². The van der Waals surface area contributed by atoms with Gasteiger partial charge in [-0.05, 0) is 55.5 Å². The van der Waals surface area contributed by atoms with Gasteiger partial charge in [-0.1, -0.05) is 0 Å². The predicted molar refractivity (Wildman–Crippen MR) is 96.6 cm³/mol. The molecule has 5 heteroatoms. The van der Waals surface area contributed by atoms with Crippen LogP contribution in [0.4, 0.5) is 5.69 Å². The number of aryl methyl sites for hydroxylation is 2. The average Bonchev–Trinajstić information content (AvgIpc) is 2.93. The van der Waals surface area contributed by atoms with E-state index in [1.54, 1.807) is 11.3 Å². The van der Waals surface area contributed by atoms with Crippen molar-refractivity contribution in [2.45, 2.75) is 25.7 Å². The summed E-state index contributed by atoms with van der Waals surface area (Å²) in [4.78, 5) is 24.6. The third-order valence-corrected chi connectivity index (χ3v) is 5.67. The number of nitrogens with one attached hydrogen (secondary N) is 1. The fourth-order valence-corrected chi connectivity index (χ4v) is 4.48. The maximum absolute atomic E-state index is 12.6. The van der Waals surface area contributed by atoms with E-state index in [0.29, 0.717) is 5.82 Å². The van der Waals surface area contributed by atoms with Crippen molar-refractivity contribution in [3.63, 3.8) is 0 Å². The van der Waals surface area contributed by atoms with Crippen LogP contribution >= 0.6 is 11.3 Å². The summed E-state index contributed by atoms with van der Waals surface area (Å²) in [6, 6.07) is 8.10. The van der Waals surface area contributed by atoms with E-state index in [9.17, 15) is 4.79 Å². The predicted octanol–water partition coefficient (Wildman–Crippen LogP) is 3.60. The van der Waals surface area contributed by atoms with Gasteiger partial charge in [0.25, 0.3) is 5.56 Å². The Labute approximate surface area is 138 Å². The first-order valence-corrected chi connectivity index (χ1v) is 8.77. The van der Waals surface area contributed by atoms with Gasteiger partial charge < -0.3 is 9.88 Å². The molecule has 118 valence electrons. The molecule has 1 aromatic carbocycles. The van der Waals surface area contributed by atoms with E-state index in [2.05, 4.69) is 9.88 Å². The Kier molecular flexibility index (Phi) is 3.45. The summed E-state index contributed by atoms with van der Waals surface area (Å²) in [5.41, 5.74) is 3.31. The first kappa shape index (κ1) is 14.5. The van der Waals surface area contributed by atoms with Gasteiger partial charge in [0.15, 0.2) is 0 Å². The summed E-state index contributed by atoms with van der Waals surface area (Å²) in [7, 11) is 4.02. The molecule has 0 amide bonds. The fraction of sp³-hybridized carbons (Fsp3) is 0.333. The summed E-state index contributed by atoms with van der Waals surface area (Å²) in [5, 5.41) is 0.818. The molecule has 1 aliphatic rings. The molecule has 0 unspecified atom stereocenters. The zero-order valence-corrected chi connectivity index (χ0v) is 14.2. The second-order valence-electron chi connectivity index (χ2n) is 6.25. The molecule has 23 heavy (non-hydrogen) atoms. The maximum atomic E-state index is 12.6. The van der Waals surface area contributed by atoms with Crippen LogP contribution < -0.4 is 10.5 Å². The van der Waals surface area contributed by atoms with E-state index in [1.165, 1.54) is 23.3 Å². The second-order valence-corrected chi connectivity index (χ2v) is 7.33. The third kappa shape index (κ3) is 2.45. The number of nitrogens with zero attached hydrogens (tertiary/aromatic N) is 2. The molecule has 3 aromatic rings. The number of aromatic amines is 1. The molecular formula is C18H19N3OS. The largest absolute Gasteiger partial charge is 0.378 e. The quantitative estimate of drug-likeness (QED) is 0.783. The van der Waals surface area contributed by atoms with E-state index in [-0.39, 0.29) is 5.56 Å². The molecule has 4 rings (SSSR count). The first-order valence-electron chi connectivity index (χ1n) is 7.96. The zero-order valence-electron chi connectivity index (χ0n) is 13.3. The summed E-state index contributed by atoms with van der Waals surface area (Å²) in [6.45, 7) is 0. The summed E-state index contributed by atoms with van der Waals surface area (Å²) < 4.78 is 0. The van der Waals surface area contributed by atoms with Crippen molar-refractivity contribution < 1.29 is 0 Å². The molecule has 0 atom stereocenters. The number of anilines is 1. The number of aromatic nitrogens is 2. The van der Waals surface area contributed by atoms with Crippen molar-refractivity contribution in [3.8, 4) is 11.4 Å². The van der Waals surface area contributed by atoms with Gasteiger partial charge in [0.1, 0.15) is 10.7 Å². The standard InChI is InChI=1S/C18H19N3OS/c1-21(2)12-9-7-11(8-10-12)16-19-17(22)15-13-5-3-4-6-14(13)23-18(15)20-16/h7-10H,3-6H2,1-2H3,(H,19,20,22). The van der Waals surface area contributed by atoms with Gasteiger partial charge in [-0.2, -0.15) is 0 Å². The van der Waals surface area contributed by atoms with Crippen LogP contribution in [-0.4, -0.2) is 24.1 Å². The highest BCUT2D eigenvalue weighted by atomic mass is 32.1. The Hall–Kier alpha value is -2.14. The van der Waals surface area contributed by atoms with Crippen LogP contribution in [0, 0.1) is 0 Å². The fourth-order valence-electron chi connectivity index (χ4n) is 3.22. The molecule has 0 fully saturated rings. The minimum Gasteiger partial charge on any atom is -0.378 e. The van der Waals surface area contributed by atoms with Crippen molar-refractivity contribution in [1.29, 1.82) is 0 Å². The van der Waals surface area contributed by atoms with Crippen molar-refractivity contribution in [2.24, 2.45) is 0 Å². The van der Waals surface area contributed by atoms with Crippen LogP contribution in [0.15, 0.2) is 29.1 Å². The van der Waals surface area contributed by atoms with Crippen LogP contribution in [-0.2, 0) is 12.8 Å². The Bertz CT molecular complexity index is 922. The summed E-state index contributed by atoms with van der Waals surface area (Å²) in [5.74, 6) is 0.659. The smallest absolute Gasteiger partial charge is 0.260 e. The lowest BCUT2D eigenvalue weighted by Gasteiger charge is -2.12. The van der Waals surface area contributed by atoms with Gasteiger partial charge in [-0.25, -0.2) is 4.98 Å². The number of benzene rings is 1. The molecule has 0 saturated heterocycles. The Morgan fingerprint density at radius 1 is 1.13 bits per heavy atom. The molecule has 2 heterocycles. The lowest BCUT2D eigenvalue weighted by molar-refractivity contribution is 0.700. The van der Waals surface area contributed by atoms with Crippen LogP contribution in [0.1, 0.15) is 23.3 Å². The number of thiophene rings is 1. The molecule has 2 aromatic heterocycles. The summed E-state index contributed by atoms with van der Waals surface area (Å²) in [6.07, 6.45) is 4.49. The zero-order chi connectivity index (χ0) is 16.0. The van der Waals surface area contributed by atoms with Crippen LogP contribution in [0.5, 0.6) is 0 Å². The highest BCUT2D eigenvalue weighted by Gasteiger charge is 2.20. The van der Waals surface area contributed by atoms with Crippen molar-refractivity contribution in [1.82, 2.24) is 9.97 Å². The Morgan fingerprint density at radius 2 is 1.87 bits per heavy atom. The SMILES string of the molecule is CN(C)c1ccc(-c2nc3sc4c(c3c(=O)[nH]2)CCCC4)cc1. The normalized spacial score (nSPS) is 14.0. The monoisotopic (exact) mass is 325 g/mol. The number of hydrogen-bond donors (Lipinski definition) is 1. The van der Waals surface area contributed by atoms with E-state index < -0.39 is 0 Å². The second kappa shape index (κ2) is 5.49. The van der Waals surface area contributed by atoms with Crippen LogP contribution in [0.2, 0.25) is 0 Å². The van der Waals surface area contributed by atoms with Gasteiger partial charge in [0, 0.05) is 30.2 Å². The van der Waals surface area contributed by atoms with Crippen molar-refractivity contribution >= 4 is 27.2 Å². The van der Waals surface area contributed by atoms with Crippen molar-refractivity contribution in [2.75, 3.05) is 19.0 Å². The molecule has 0 saturated carbocycles. The lowest BCUT2D eigenvalue weighted by atomic mass is 9.97. The minimum absolute atomic E-state index is 0.00101. The maximum Gasteiger partial charge on any atom is 0.260 e. The lowest BCUT2D eigenvalue weighted by Crippen LogP contribution is -2.11. The molecule has 0 spiro atoms. The number of rotatable bonds is 2. The highest BCUT2D eigenvalue weighted by molar-refractivity contribution is 7.18. The van der Waals surface area contributed by atoms with Crippen LogP contribution in [0.25, 0.3) is 21.6 Å². The van der Waals surface area contributed by atoms with Crippen LogP contribution in [0.3, 0.4) is 0 Å². The van der Waals surface area contributed by atoms with E-state index in [0.717, 1.165) is 34.3 Å². The molecular weight excluding hydrogens is 306 g/mol. The topological polar surface area (TPSA) is 49.0 Å². The summed E-state index contributed by atoms with van der Waals surface area (Å²) >= 11 is 1.69. The van der Waals surface area contributed by atoms with E-state index >= 15 is 0 Å². The molecule has 4 nitrogen and oxygen atoms in total. The third-order valence-electron chi connectivity index (χ3n) is 4.48. The van der Waals surface area contributed by atoms with Gasteiger partial charge in [0.2, 0.25) is 0 Å². The highest BCUT2D eigenvalue weighted by Crippen LogP contribution is 2.34. The number of fused-ring (bicyclic) bond motifs is 3. The van der Waals surface area contributed by atoms with E-state index in [1.807, 2.05) is 38.4 Å². The first-order chi connectivity index (χ1) is 11.1. The van der Waals surface area contributed by atoms with Gasteiger partial charge in [-0.15, -0.1) is 11.3 Å². The molecule has 1 N–H and O–H groups in total. The number of H-pyrrole nitrogens is 1. The van der Waals surface area contributed by atoms with Gasteiger partial charge in [0.05, 0.1) is 5.39 Å². The number of hydrogen-bond acceptors (Lipinski definition) is 4. The molecule has 1 aliphatic carbocycles. The van der Waals surface area contributed by atoms with Crippen molar-refractivity contribution in [3.05, 3.63) is 45.1 Å². The molecule has 0 bridgehead atoms. The van der Waals surface area contributed by atoms with E-state index in [4.69, 9.17) is 4.98 Å².